The van der Waals surface area contributed by atoms with Crippen LogP contribution in [0.2, 0.25) is 0 Å². The number of rotatable bonds is 7. The molecule has 0 aliphatic carbocycles. The Morgan fingerprint density at radius 1 is 1.39 bits per heavy atom. The molecule has 5 heteroatoms. The zero-order valence-corrected chi connectivity index (χ0v) is 11.8. The predicted octanol–water partition coefficient (Wildman–Crippen LogP) is 1.78. The molecule has 1 aromatic heterocycles. The van der Waals surface area contributed by atoms with E-state index in [1.807, 2.05) is 32.0 Å². The maximum absolute atomic E-state index is 5.24. The summed E-state index contributed by atoms with van der Waals surface area (Å²) in [5.74, 6) is 0. The number of nitrogens with one attached hydrogen (secondary N) is 2. The second kappa shape index (κ2) is 8.83. The van der Waals surface area contributed by atoms with Crippen molar-refractivity contribution in [2.45, 2.75) is 26.8 Å². The summed E-state index contributed by atoms with van der Waals surface area (Å²) >= 11 is 5.17. The third-order valence-corrected chi connectivity index (χ3v) is 2.62. The number of aromatic nitrogens is 1. The fraction of sp³-hybridized carbons (Fsp3) is 0.538. The van der Waals surface area contributed by atoms with Crippen LogP contribution in [0.4, 0.5) is 0 Å². The van der Waals surface area contributed by atoms with Crippen LogP contribution in [-0.4, -0.2) is 29.9 Å². The van der Waals surface area contributed by atoms with E-state index >= 15 is 0 Å². The maximum atomic E-state index is 5.24. The van der Waals surface area contributed by atoms with Crippen LogP contribution in [0.1, 0.15) is 24.7 Å². The number of ether oxygens (including phenoxy) is 1. The fourth-order valence-corrected chi connectivity index (χ4v) is 1.63. The summed E-state index contributed by atoms with van der Waals surface area (Å²) in [5, 5.41) is 6.93. The molecule has 0 aliphatic rings. The Balaban J connectivity index is 2.13. The van der Waals surface area contributed by atoms with Crippen molar-refractivity contribution in [3.8, 4) is 0 Å². The van der Waals surface area contributed by atoms with Gasteiger partial charge < -0.3 is 15.4 Å². The first-order valence-corrected chi connectivity index (χ1v) is 6.65. The highest BCUT2D eigenvalue weighted by Gasteiger charge is 1.97. The largest absolute Gasteiger partial charge is 0.382 e. The van der Waals surface area contributed by atoms with Crippen LogP contribution in [0.5, 0.6) is 0 Å². The Hall–Kier alpha value is -1.20. The van der Waals surface area contributed by atoms with Gasteiger partial charge in [0.15, 0.2) is 5.11 Å². The van der Waals surface area contributed by atoms with E-state index in [-0.39, 0.29) is 0 Å². The van der Waals surface area contributed by atoms with Gasteiger partial charge in [0.1, 0.15) is 0 Å². The van der Waals surface area contributed by atoms with Gasteiger partial charge in [-0.15, -0.1) is 0 Å². The number of hydrogen-bond donors (Lipinski definition) is 2. The zero-order chi connectivity index (χ0) is 13.2. The molecular weight excluding hydrogens is 246 g/mol. The Morgan fingerprint density at radius 2 is 2.22 bits per heavy atom. The van der Waals surface area contributed by atoms with E-state index in [2.05, 4.69) is 15.6 Å². The molecule has 0 unspecified atom stereocenters. The van der Waals surface area contributed by atoms with Gasteiger partial charge in [0.05, 0.1) is 12.2 Å². The highest BCUT2D eigenvalue weighted by Crippen LogP contribution is 1.97. The van der Waals surface area contributed by atoms with Crippen molar-refractivity contribution in [2.24, 2.45) is 0 Å². The summed E-state index contributed by atoms with van der Waals surface area (Å²) in [7, 11) is 0. The van der Waals surface area contributed by atoms with E-state index in [1.54, 1.807) is 0 Å². The average Bonchev–Trinajstić information content (AvgIpc) is 2.36. The molecule has 1 rings (SSSR count). The molecule has 18 heavy (non-hydrogen) atoms. The van der Waals surface area contributed by atoms with Gasteiger partial charge in [0.25, 0.3) is 0 Å². The van der Waals surface area contributed by atoms with Crippen molar-refractivity contribution in [3.63, 3.8) is 0 Å². The lowest BCUT2D eigenvalue weighted by molar-refractivity contribution is 0.145. The number of pyridine rings is 1. The molecule has 1 aromatic rings. The van der Waals surface area contributed by atoms with Gasteiger partial charge >= 0.3 is 0 Å². The van der Waals surface area contributed by atoms with Gasteiger partial charge in [-0.1, -0.05) is 6.07 Å². The molecule has 0 aliphatic heterocycles. The average molecular weight is 267 g/mol. The van der Waals surface area contributed by atoms with Crippen LogP contribution >= 0.6 is 12.2 Å². The van der Waals surface area contributed by atoms with E-state index in [0.717, 1.165) is 37.6 Å². The Morgan fingerprint density at radius 3 is 2.94 bits per heavy atom. The topological polar surface area (TPSA) is 46.2 Å². The van der Waals surface area contributed by atoms with Crippen molar-refractivity contribution >= 4 is 17.3 Å². The Bertz CT molecular complexity index is 371. The molecular formula is C13H21N3OS. The molecule has 0 aromatic carbocycles. The standard InChI is InChI=1S/C13H21N3OS/c1-3-17-9-5-8-14-13(18)15-10-12-7-4-6-11(2)16-12/h4,6-7H,3,5,8-10H2,1-2H3,(H2,14,15,18). The molecule has 4 nitrogen and oxygen atoms in total. The maximum Gasteiger partial charge on any atom is 0.166 e. The zero-order valence-electron chi connectivity index (χ0n) is 11.0. The van der Waals surface area contributed by atoms with Crippen molar-refractivity contribution in [3.05, 3.63) is 29.6 Å². The lowest BCUT2D eigenvalue weighted by Gasteiger charge is -2.10. The highest BCUT2D eigenvalue weighted by atomic mass is 32.1. The van der Waals surface area contributed by atoms with Crippen LogP contribution in [0.25, 0.3) is 0 Å². The third kappa shape index (κ3) is 6.51. The van der Waals surface area contributed by atoms with E-state index in [1.165, 1.54) is 0 Å². The summed E-state index contributed by atoms with van der Waals surface area (Å²) in [4.78, 5) is 4.40. The number of aryl methyl sites for hydroxylation is 1. The lowest BCUT2D eigenvalue weighted by Crippen LogP contribution is -2.35. The lowest BCUT2D eigenvalue weighted by atomic mass is 10.3. The molecule has 0 saturated heterocycles. The number of hydrogen-bond acceptors (Lipinski definition) is 3. The number of thiocarbonyl (C=S) groups is 1. The van der Waals surface area contributed by atoms with Gasteiger partial charge in [-0.2, -0.15) is 0 Å². The molecule has 0 saturated carbocycles. The van der Waals surface area contributed by atoms with Crippen LogP contribution < -0.4 is 10.6 Å². The first kappa shape index (κ1) is 14.9. The monoisotopic (exact) mass is 267 g/mol. The minimum absolute atomic E-state index is 0.652. The second-order valence-corrected chi connectivity index (χ2v) is 4.34. The summed E-state index contributed by atoms with van der Waals surface area (Å²) in [6.45, 7) is 6.99. The molecule has 0 fully saturated rings. The molecule has 2 N–H and O–H groups in total. The fourth-order valence-electron chi connectivity index (χ4n) is 1.45. The molecule has 0 amide bonds. The predicted molar refractivity (Wildman–Crippen MR) is 77.5 cm³/mol. The molecule has 1 heterocycles. The van der Waals surface area contributed by atoms with Crippen LogP contribution in [-0.2, 0) is 11.3 Å². The smallest absolute Gasteiger partial charge is 0.166 e. The molecule has 0 bridgehead atoms. The molecule has 100 valence electrons. The second-order valence-electron chi connectivity index (χ2n) is 3.93. The van der Waals surface area contributed by atoms with E-state index in [9.17, 15) is 0 Å². The molecule has 0 spiro atoms. The van der Waals surface area contributed by atoms with Gasteiger partial charge in [-0.3, -0.25) is 4.98 Å². The first-order valence-electron chi connectivity index (χ1n) is 6.24. The van der Waals surface area contributed by atoms with Crippen LogP contribution in [0.3, 0.4) is 0 Å². The molecule has 0 atom stereocenters. The summed E-state index contributed by atoms with van der Waals surface area (Å²) in [5.41, 5.74) is 2.01. The van der Waals surface area contributed by atoms with E-state index in [0.29, 0.717) is 11.7 Å². The van der Waals surface area contributed by atoms with E-state index in [4.69, 9.17) is 17.0 Å². The SMILES string of the molecule is CCOCCCNC(=S)NCc1cccc(C)n1. The van der Waals surface area contributed by atoms with Crippen molar-refractivity contribution in [2.75, 3.05) is 19.8 Å². The minimum atomic E-state index is 0.652. The van der Waals surface area contributed by atoms with Gasteiger partial charge in [0, 0.05) is 25.5 Å². The van der Waals surface area contributed by atoms with Gasteiger partial charge in [-0.05, 0) is 44.6 Å². The van der Waals surface area contributed by atoms with Crippen molar-refractivity contribution < 1.29 is 4.74 Å². The Labute approximate surface area is 114 Å². The quantitative estimate of drug-likeness (QED) is 0.582. The highest BCUT2D eigenvalue weighted by molar-refractivity contribution is 7.80. The van der Waals surface area contributed by atoms with E-state index < -0.39 is 0 Å². The minimum Gasteiger partial charge on any atom is -0.382 e. The van der Waals surface area contributed by atoms with Crippen LogP contribution in [0, 0.1) is 6.92 Å². The Kier molecular flexibility index (Phi) is 7.29. The van der Waals surface area contributed by atoms with Crippen molar-refractivity contribution in [1.82, 2.24) is 15.6 Å². The first-order chi connectivity index (χ1) is 8.72. The van der Waals surface area contributed by atoms with Crippen molar-refractivity contribution in [1.29, 1.82) is 0 Å². The van der Waals surface area contributed by atoms with Gasteiger partial charge in [0.2, 0.25) is 0 Å². The number of nitrogens with zero attached hydrogens (tertiary/aromatic N) is 1. The van der Waals surface area contributed by atoms with Gasteiger partial charge in [-0.25, -0.2) is 0 Å². The third-order valence-electron chi connectivity index (χ3n) is 2.33. The molecule has 0 radical (unpaired) electrons. The summed E-state index contributed by atoms with van der Waals surface area (Å²) in [6.07, 6.45) is 0.957. The summed E-state index contributed by atoms with van der Waals surface area (Å²) in [6, 6.07) is 5.96. The summed E-state index contributed by atoms with van der Waals surface area (Å²) < 4.78 is 5.24. The normalized spacial score (nSPS) is 10.1. The van der Waals surface area contributed by atoms with Crippen LogP contribution in [0.15, 0.2) is 18.2 Å².